The molecule has 1 atom stereocenters. The van der Waals surface area contributed by atoms with Gasteiger partial charge in [0.25, 0.3) is 0 Å². The van der Waals surface area contributed by atoms with Crippen molar-refractivity contribution in [1.82, 2.24) is 5.09 Å². The van der Waals surface area contributed by atoms with E-state index in [1.165, 1.54) is 7.11 Å². The molecule has 0 heterocycles. The van der Waals surface area contributed by atoms with Gasteiger partial charge in [-0.3, -0.25) is 13.8 Å². The molecule has 0 aliphatic heterocycles. The van der Waals surface area contributed by atoms with E-state index in [0.29, 0.717) is 6.42 Å². The number of esters is 1. The minimum absolute atomic E-state index is 0.120. The van der Waals surface area contributed by atoms with Gasteiger partial charge in [0.15, 0.2) is 0 Å². The van der Waals surface area contributed by atoms with Crippen molar-refractivity contribution in [3.05, 3.63) is 119 Å². The van der Waals surface area contributed by atoms with Crippen molar-refractivity contribution in [3.63, 3.8) is 0 Å². The van der Waals surface area contributed by atoms with E-state index in [9.17, 15) is 9.36 Å². The number of ether oxygens (including phenoxy) is 1. The van der Waals surface area contributed by atoms with Crippen LogP contribution in [0.3, 0.4) is 0 Å². The number of hydrogen-bond acceptors (Lipinski definition) is 5. The first-order valence-corrected chi connectivity index (χ1v) is 16.0. The Kier molecular flexibility index (Phi) is 8.15. The average Bonchev–Trinajstić information content (AvgIpc) is 3.51. The van der Waals surface area contributed by atoms with Crippen LogP contribution in [0.4, 0.5) is 0 Å². The summed E-state index contributed by atoms with van der Waals surface area (Å²) < 4.78 is 32.3. The Balaban J connectivity index is 1.30. The summed E-state index contributed by atoms with van der Waals surface area (Å²) in [5.41, 5.74) is 9.08. The van der Waals surface area contributed by atoms with Crippen LogP contribution in [-0.2, 0) is 23.1 Å². The van der Waals surface area contributed by atoms with Crippen molar-refractivity contribution in [2.24, 2.45) is 5.92 Å². The fourth-order valence-corrected chi connectivity index (χ4v) is 7.85. The number of fused-ring (bicyclic) bond motifs is 6. The van der Waals surface area contributed by atoms with Gasteiger partial charge < -0.3 is 4.74 Å². The Bertz CT molecular complexity index is 1460. The fourth-order valence-electron chi connectivity index (χ4n) is 6.34. The van der Waals surface area contributed by atoms with Gasteiger partial charge in [-0.2, -0.15) is 0 Å². The SMILES string of the molecule is COC(=O)[C@H](CC(C)C)NP(=O)(OCC1c2ccccc2-c2ccccc21)OCC1c2ccccc2-c2ccccc21. The van der Waals surface area contributed by atoms with Gasteiger partial charge in [-0.1, -0.05) is 111 Å². The van der Waals surface area contributed by atoms with Gasteiger partial charge in [0.1, 0.15) is 6.04 Å². The molecule has 4 aromatic carbocycles. The zero-order valence-electron chi connectivity index (χ0n) is 24.2. The van der Waals surface area contributed by atoms with Crippen molar-refractivity contribution in [2.45, 2.75) is 38.1 Å². The number of rotatable bonds is 11. The van der Waals surface area contributed by atoms with Crippen LogP contribution in [0.1, 0.15) is 54.4 Å². The topological polar surface area (TPSA) is 73.9 Å². The van der Waals surface area contributed by atoms with Gasteiger partial charge >= 0.3 is 13.7 Å². The molecule has 1 N–H and O–H groups in total. The summed E-state index contributed by atoms with van der Waals surface area (Å²) in [6.45, 7) is 4.27. The molecular formula is C35H36NO5P. The van der Waals surface area contributed by atoms with Crippen molar-refractivity contribution in [3.8, 4) is 22.3 Å². The molecule has 0 saturated heterocycles. The Labute approximate surface area is 247 Å². The second kappa shape index (κ2) is 12.0. The number of benzene rings is 4. The summed E-state index contributed by atoms with van der Waals surface area (Å²) in [7, 11) is -2.67. The van der Waals surface area contributed by atoms with Crippen LogP contribution in [0, 0.1) is 5.92 Å². The van der Waals surface area contributed by atoms with Crippen LogP contribution in [0.2, 0.25) is 0 Å². The van der Waals surface area contributed by atoms with Crippen molar-refractivity contribution >= 4 is 13.7 Å². The monoisotopic (exact) mass is 581 g/mol. The maximum absolute atomic E-state index is 14.6. The van der Waals surface area contributed by atoms with Crippen LogP contribution in [0.15, 0.2) is 97.1 Å². The molecule has 4 aromatic rings. The molecule has 6 nitrogen and oxygen atoms in total. The lowest BCUT2D eigenvalue weighted by Crippen LogP contribution is -2.38. The summed E-state index contributed by atoms with van der Waals surface area (Å²) in [5, 5.41) is 2.99. The first kappa shape index (κ1) is 28.6. The molecule has 0 amide bonds. The molecule has 7 heteroatoms. The predicted molar refractivity (Wildman–Crippen MR) is 165 cm³/mol. The molecular weight excluding hydrogens is 545 g/mol. The molecule has 0 radical (unpaired) electrons. The second-order valence-corrected chi connectivity index (χ2v) is 13.1. The third kappa shape index (κ3) is 5.48. The van der Waals surface area contributed by atoms with Gasteiger partial charge in [0.05, 0.1) is 20.3 Å². The van der Waals surface area contributed by atoms with E-state index in [1.807, 2.05) is 62.4 Å². The van der Waals surface area contributed by atoms with Crippen LogP contribution in [-0.4, -0.2) is 32.3 Å². The van der Waals surface area contributed by atoms with E-state index in [-0.39, 0.29) is 31.0 Å². The maximum Gasteiger partial charge on any atom is 0.406 e. The second-order valence-electron chi connectivity index (χ2n) is 11.4. The highest BCUT2D eigenvalue weighted by Gasteiger charge is 2.38. The van der Waals surface area contributed by atoms with E-state index >= 15 is 0 Å². The third-order valence-electron chi connectivity index (χ3n) is 8.25. The zero-order chi connectivity index (χ0) is 29.3. The van der Waals surface area contributed by atoms with Crippen LogP contribution >= 0.6 is 7.75 Å². The van der Waals surface area contributed by atoms with E-state index in [4.69, 9.17) is 13.8 Å². The molecule has 0 bridgehead atoms. The number of nitrogens with one attached hydrogen (secondary N) is 1. The molecule has 0 spiro atoms. The lowest BCUT2D eigenvalue weighted by atomic mass is 9.98. The number of methoxy groups -OCH3 is 1. The highest BCUT2D eigenvalue weighted by atomic mass is 31.2. The van der Waals surface area contributed by atoms with E-state index < -0.39 is 19.8 Å². The van der Waals surface area contributed by atoms with E-state index in [2.05, 4.69) is 53.6 Å². The van der Waals surface area contributed by atoms with Crippen molar-refractivity contribution in [1.29, 1.82) is 0 Å². The van der Waals surface area contributed by atoms with Crippen LogP contribution in [0.5, 0.6) is 0 Å². The Hall–Kier alpha value is -3.54. The van der Waals surface area contributed by atoms with E-state index in [0.717, 1.165) is 44.5 Å². The lowest BCUT2D eigenvalue weighted by molar-refractivity contribution is -0.143. The standard InChI is InChI=1S/C35H36NO5P/c1-23(2)20-34(35(37)39-3)36-42(38,40-21-32-28-16-8-4-12-24(28)25-13-5-9-17-29(25)32)41-22-33-30-18-10-6-14-26(30)27-15-7-11-19-31(27)33/h4-19,23,32-34H,20-22H2,1-3H3,(H,36,38)/t34-/m0/s1. The van der Waals surface area contributed by atoms with Gasteiger partial charge in [0, 0.05) is 11.8 Å². The average molecular weight is 582 g/mol. The van der Waals surface area contributed by atoms with Crippen molar-refractivity contribution in [2.75, 3.05) is 20.3 Å². The molecule has 42 heavy (non-hydrogen) atoms. The fraction of sp³-hybridized carbons (Fsp3) is 0.286. The normalized spacial score (nSPS) is 14.8. The maximum atomic E-state index is 14.6. The molecule has 0 unspecified atom stereocenters. The highest BCUT2D eigenvalue weighted by Crippen LogP contribution is 2.52. The molecule has 0 saturated carbocycles. The zero-order valence-corrected chi connectivity index (χ0v) is 25.1. The van der Waals surface area contributed by atoms with Crippen LogP contribution in [0.25, 0.3) is 22.3 Å². The van der Waals surface area contributed by atoms with Gasteiger partial charge in [-0.25, -0.2) is 9.65 Å². The largest absolute Gasteiger partial charge is 0.468 e. The number of carbonyl (C=O) groups excluding carboxylic acids is 1. The van der Waals surface area contributed by atoms with E-state index in [1.54, 1.807) is 0 Å². The summed E-state index contributed by atoms with van der Waals surface area (Å²) >= 11 is 0. The minimum Gasteiger partial charge on any atom is -0.468 e. The molecule has 6 rings (SSSR count). The van der Waals surface area contributed by atoms with Gasteiger partial charge in [-0.05, 0) is 56.8 Å². The highest BCUT2D eigenvalue weighted by molar-refractivity contribution is 7.51. The first-order valence-electron chi connectivity index (χ1n) is 14.5. The van der Waals surface area contributed by atoms with Crippen LogP contribution < -0.4 is 5.09 Å². The quantitative estimate of drug-likeness (QED) is 0.143. The summed E-state index contributed by atoms with van der Waals surface area (Å²) in [4.78, 5) is 12.8. The van der Waals surface area contributed by atoms with Gasteiger partial charge in [-0.15, -0.1) is 0 Å². The number of carbonyl (C=O) groups is 1. The Morgan fingerprint density at radius 3 is 1.38 bits per heavy atom. The summed E-state index contributed by atoms with van der Waals surface area (Å²) in [6.07, 6.45) is 0.424. The number of hydrogen-bond donors (Lipinski definition) is 1. The molecule has 2 aliphatic carbocycles. The minimum atomic E-state index is -4.00. The molecule has 0 fully saturated rings. The van der Waals surface area contributed by atoms with Gasteiger partial charge in [0.2, 0.25) is 0 Å². The smallest absolute Gasteiger partial charge is 0.406 e. The lowest BCUT2D eigenvalue weighted by Gasteiger charge is -2.27. The molecule has 2 aliphatic rings. The summed E-state index contributed by atoms with van der Waals surface area (Å²) in [5.74, 6) is -0.585. The molecule has 0 aromatic heterocycles. The predicted octanol–water partition coefficient (Wildman–Crippen LogP) is 7.93. The summed E-state index contributed by atoms with van der Waals surface area (Å²) in [6, 6.07) is 32.1. The Morgan fingerprint density at radius 1 is 0.690 bits per heavy atom. The molecule has 216 valence electrons. The Morgan fingerprint density at radius 2 is 1.05 bits per heavy atom. The van der Waals surface area contributed by atoms with Crippen molar-refractivity contribution < 1.29 is 23.1 Å². The third-order valence-corrected chi connectivity index (χ3v) is 9.86. The first-order chi connectivity index (χ1) is 20.4.